The molecule has 1 aromatic carbocycles. The van der Waals surface area contributed by atoms with Gasteiger partial charge >= 0.3 is 0 Å². The molecule has 0 bridgehead atoms. The number of nitrogens with one attached hydrogen (secondary N) is 1. The number of pyridine rings is 1. The number of fused-ring (bicyclic) bond motifs is 1. The van der Waals surface area contributed by atoms with E-state index in [1.165, 1.54) is 13.0 Å². The highest BCUT2D eigenvalue weighted by Gasteiger charge is 2.09. The van der Waals surface area contributed by atoms with Crippen molar-refractivity contribution in [1.29, 1.82) is 0 Å². The van der Waals surface area contributed by atoms with E-state index >= 15 is 0 Å². The zero-order valence-corrected chi connectivity index (χ0v) is 13.7. The second kappa shape index (κ2) is 7.12. The molecule has 116 valence electrons. The number of rotatable bonds is 6. The summed E-state index contributed by atoms with van der Waals surface area (Å²) in [6.07, 6.45) is 8.70. The topological polar surface area (TPSA) is 28.2 Å². The van der Waals surface area contributed by atoms with Crippen LogP contribution in [-0.4, -0.2) is 35.6 Å². The van der Waals surface area contributed by atoms with Crippen LogP contribution < -0.4 is 5.32 Å². The summed E-state index contributed by atoms with van der Waals surface area (Å²) >= 11 is 6.04. The SMILES string of the molecule is C[C@H](CCCN1CC=CC1)Nc1ccnc2cc(Cl)ccc12. The highest BCUT2D eigenvalue weighted by Crippen LogP contribution is 2.25. The van der Waals surface area contributed by atoms with Crippen molar-refractivity contribution in [2.45, 2.75) is 25.8 Å². The van der Waals surface area contributed by atoms with Gasteiger partial charge in [-0.2, -0.15) is 0 Å². The van der Waals surface area contributed by atoms with Crippen LogP contribution in [0.2, 0.25) is 5.02 Å². The first-order valence-electron chi connectivity index (χ1n) is 7.90. The van der Waals surface area contributed by atoms with Gasteiger partial charge in [0.15, 0.2) is 0 Å². The molecule has 1 atom stereocenters. The van der Waals surface area contributed by atoms with Crippen LogP contribution in [0.4, 0.5) is 5.69 Å². The van der Waals surface area contributed by atoms with E-state index in [2.05, 4.69) is 34.3 Å². The Labute approximate surface area is 137 Å². The molecule has 0 amide bonds. The minimum Gasteiger partial charge on any atom is -0.382 e. The molecule has 1 N–H and O–H groups in total. The van der Waals surface area contributed by atoms with Gasteiger partial charge in [-0.15, -0.1) is 0 Å². The summed E-state index contributed by atoms with van der Waals surface area (Å²) in [6, 6.07) is 8.35. The molecule has 22 heavy (non-hydrogen) atoms. The van der Waals surface area contributed by atoms with E-state index < -0.39 is 0 Å². The molecule has 0 spiro atoms. The van der Waals surface area contributed by atoms with Crippen LogP contribution in [0.5, 0.6) is 0 Å². The van der Waals surface area contributed by atoms with E-state index in [9.17, 15) is 0 Å². The summed E-state index contributed by atoms with van der Waals surface area (Å²) in [5.74, 6) is 0. The quantitative estimate of drug-likeness (QED) is 0.804. The molecular formula is C18H22ClN3. The third kappa shape index (κ3) is 3.79. The number of hydrogen-bond acceptors (Lipinski definition) is 3. The Kier molecular flexibility index (Phi) is 4.96. The number of nitrogens with zero attached hydrogens (tertiary/aromatic N) is 2. The largest absolute Gasteiger partial charge is 0.382 e. The van der Waals surface area contributed by atoms with Gasteiger partial charge in [-0.05, 0) is 50.6 Å². The van der Waals surface area contributed by atoms with Crippen molar-refractivity contribution in [3.63, 3.8) is 0 Å². The summed E-state index contributed by atoms with van der Waals surface area (Å²) < 4.78 is 0. The van der Waals surface area contributed by atoms with E-state index in [1.54, 1.807) is 0 Å². The summed E-state index contributed by atoms with van der Waals surface area (Å²) in [5, 5.41) is 5.47. The third-order valence-corrected chi connectivity index (χ3v) is 4.35. The van der Waals surface area contributed by atoms with Crippen LogP contribution in [0.3, 0.4) is 0 Å². The Morgan fingerprint density at radius 1 is 1.27 bits per heavy atom. The van der Waals surface area contributed by atoms with Crippen molar-refractivity contribution in [2.75, 3.05) is 25.0 Å². The molecule has 1 aliphatic rings. The summed E-state index contributed by atoms with van der Waals surface area (Å²) in [7, 11) is 0. The Morgan fingerprint density at radius 3 is 2.91 bits per heavy atom. The van der Waals surface area contributed by atoms with E-state index in [0.29, 0.717) is 6.04 Å². The fourth-order valence-electron chi connectivity index (χ4n) is 2.91. The van der Waals surface area contributed by atoms with Gasteiger partial charge in [-0.25, -0.2) is 0 Å². The molecule has 3 rings (SSSR count). The lowest BCUT2D eigenvalue weighted by atomic mass is 10.1. The first-order chi connectivity index (χ1) is 10.7. The highest BCUT2D eigenvalue weighted by molar-refractivity contribution is 6.31. The number of aromatic nitrogens is 1. The number of hydrogen-bond donors (Lipinski definition) is 1. The van der Waals surface area contributed by atoms with Crippen LogP contribution in [0.1, 0.15) is 19.8 Å². The van der Waals surface area contributed by atoms with Crippen molar-refractivity contribution in [3.05, 3.63) is 47.6 Å². The monoisotopic (exact) mass is 315 g/mol. The normalized spacial score (nSPS) is 16.3. The van der Waals surface area contributed by atoms with Crippen molar-refractivity contribution in [1.82, 2.24) is 9.88 Å². The number of halogens is 1. The van der Waals surface area contributed by atoms with Gasteiger partial charge in [0.05, 0.1) is 5.52 Å². The molecule has 0 aliphatic carbocycles. The maximum atomic E-state index is 6.04. The average Bonchev–Trinajstić information content (AvgIpc) is 3.00. The van der Waals surface area contributed by atoms with Crippen LogP contribution in [0.15, 0.2) is 42.6 Å². The van der Waals surface area contributed by atoms with E-state index in [-0.39, 0.29) is 0 Å². The highest BCUT2D eigenvalue weighted by atomic mass is 35.5. The van der Waals surface area contributed by atoms with Crippen molar-refractivity contribution in [3.8, 4) is 0 Å². The second-order valence-electron chi connectivity index (χ2n) is 5.94. The van der Waals surface area contributed by atoms with Crippen LogP contribution in [-0.2, 0) is 0 Å². The van der Waals surface area contributed by atoms with Gasteiger partial charge in [0.1, 0.15) is 0 Å². The van der Waals surface area contributed by atoms with Gasteiger partial charge in [0, 0.05) is 41.4 Å². The fraction of sp³-hybridized carbons (Fsp3) is 0.389. The van der Waals surface area contributed by atoms with Crippen LogP contribution in [0.25, 0.3) is 10.9 Å². The molecule has 3 nitrogen and oxygen atoms in total. The lowest BCUT2D eigenvalue weighted by molar-refractivity contribution is 0.340. The Balaban J connectivity index is 1.57. The van der Waals surface area contributed by atoms with Crippen molar-refractivity contribution >= 4 is 28.2 Å². The fourth-order valence-corrected chi connectivity index (χ4v) is 3.08. The first kappa shape index (κ1) is 15.3. The maximum Gasteiger partial charge on any atom is 0.0737 e. The minimum absolute atomic E-state index is 0.442. The summed E-state index contributed by atoms with van der Waals surface area (Å²) in [5.41, 5.74) is 2.07. The predicted molar refractivity (Wildman–Crippen MR) is 94.7 cm³/mol. The van der Waals surface area contributed by atoms with E-state index in [1.807, 2.05) is 30.5 Å². The van der Waals surface area contributed by atoms with Crippen molar-refractivity contribution in [2.24, 2.45) is 0 Å². The second-order valence-corrected chi connectivity index (χ2v) is 6.38. The lowest BCUT2D eigenvalue weighted by Crippen LogP contribution is -2.23. The van der Waals surface area contributed by atoms with Crippen LogP contribution in [0, 0.1) is 0 Å². The molecule has 0 unspecified atom stereocenters. The first-order valence-corrected chi connectivity index (χ1v) is 8.28. The smallest absolute Gasteiger partial charge is 0.0737 e. The number of benzene rings is 1. The van der Waals surface area contributed by atoms with Crippen molar-refractivity contribution < 1.29 is 0 Å². The Bertz CT molecular complexity index is 660. The maximum absolute atomic E-state index is 6.04. The molecule has 0 fully saturated rings. The molecular weight excluding hydrogens is 294 g/mol. The van der Waals surface area contributed by atoms with Gasteiger partial charge in [0.2, 0.25) is 0 Å². The standard InChI is InChI=1S/C18H22ClN3/c1-14(5-4-12-22-10-2-3-11-22)21-17-8-9-20-18-13-15(19)6-7-16(17)18/h2-3,6-9,13-14H,4-5,10-12H2,1H3,(H,20,21)/t14-/m1/s1. The Morgan fingerprint density at radius 2 is 2.09 bits per heavy atom. The third-order valence-electron chi connectivity index (χ3n) is 4.11. The van der Waals surface area contributed by atoms with Gasteiger partial charge in [-0.3, -0.25) is 9.88 Å². The molecule has 0 saturated heterocycles. The van der Waals surface area contributed by atoms with E-state index in [4.69, 9.17) is 11.6 Å². The number of anilines is 1. The summed E-state index contributed by atoms with van der Waals surface area (Å²) in [6.45, 7) is 5.63. The Hall–Kier alpha value is -1.58. The molecule has 1 aromatic heterocycles. The lowest BCUT2D eigenvalue weighted by Gasteiger charge is -2.19. The zero-order valence-electron chi connectivity index (χ0n) is 12.9. The molecule has 2 heterocycles. The van der Waals surface area contributed by atoms with Gasteiger partial charge in [-0.1, -0.05) is 23.8 Å². The minimum atomic E-state index is 0.442. The molecule has 0 saturated carbocycles. The predicted octanol–water partition coefficient (Wildman–Crippen LogP) is 4.34. The average molecular weight is 316 g/mol. The molecule has 1 aliphatic heterocycles. The zero-order chi connectivity index (χ0) is 15.4. The molecule has 2 aromatic rings. The molecule has 0 radical (unpaired) electrons. The van der Waals surface area contributed by atoms with E-state index in [0.717, 1.165) is 41.1 Å². The molecule has 4 heteroatoms. The van der Waals surface area contributed by atoms with Gasteiger partial charge in [0.25, 0.3) is 0 Å². The van der Waals surface area contributed by atoms with Crippen LogP contribution >= 0.6 is 11.6 Å². The summed E-state index contributed by atoms with van der Waals surface area (Å²) in [4.78, 5) is 6.86. The van der Waals surface area contributed by atoms with Gasteiger partial charge < -0.3 is 5.32 Å².